The number of aromatic nitrogens is 2. The fourth-order valence-electron chi connectivity index (χ4n) is 3.51. The zero-order valence-electron chi connectivity index (χ0n) is 16.3. The van der Waals surface area contributed by atoms with Crippen LogP contribution >= 0.6 is 11.3 Å². The number of anilines is 1. The first-order valence-electron chi connectivity index (χ1n) is 9.57. The summed E-state index contributed by atoms with van der Waals surface area (Å²) in [6.07, 6.45) is 5.85. The van der Waals surface area contributed by atoms with Crippen LogP contribution in [0.25, 0.3) is 5.69 Å². The largest absolute Gasteiger partial charge is 0.321 e. The Labute approximate surface area is 178 Å². The quantitative estimate of drug-likeness (QED) is 0.643. The highest BCUT2D eigenvalue weighted by atomic mass is 32.2. The van der Waals surface area contributed by atoms with Gasteiger partial charge in [-0.2, -0.15) is 4.31 Å². The molecule has 0 atom stereocenters. The fourth-order valence-corrected chi connectivity index (χ4v) is 6.32. The molecule has 0 unspecified atom stereocenters. The van der Waals surface area contributed by atoms with Crippen molar-refractivity contribution in [2.24, 2.45) is 0 Å². The van der Waals surface area contributed by atoms with E-state index in [0.29, 0.717) is 24.6 Å². The summed E-state index contributed by atoms with van der Waals surface area (Å²) in [6.45, 7) is 2.68. The third-order valence-electron chi connectivity index (χ3n) is 5.06. The second-order valence-electron chi connectivity index (χ2n) is 7.04. The summed E-state index contributed by atoms with van der Waals surface area (Å²) >= 11 is 1.05. The lowest BCUT2D eigenvalue weighted by molar-refractivity contribution is 0.102. The first-order valence-corrected chi connectivity index (χ1v) is 11.9. The Kier molecular flexibility index (Phi) is 5.72. The molecule has 30 heavy (non-hydrogen) atoms. The minimum Gasteiger partial charge on any atom is -0.321 e. The van der Waals surface area contributed by atoms with E-state index in [4.69, 9.17) is 0 Å². The summed E-state index contributed by atoms with van der Waals surface area (Å²) in [5.74, 6) is -0.468. The highest BCUT2D eigenvalue weighted by Crippen LogP contribution is 2.28. The first kappa shape index (κ1) is 20.7. The van der Waals surface area contributed by atoms with Gasteiger partial charge in [0, 0.05) is 31.2 Å². The van der Waals surface area contributed by atoms with Gasteiger partial charge >= 0.3 is 0 Å². The van der Waals surface area contributed by atoms with E-state index in [1.54, 1.807) is 41.4 Å². The van der Waals surface area contributed by atoms with Crippen molar-refractivity contribution < 1.29 is 17.6 Å². The molecule has 2 aromatic heterocycles. The average Bonchev–Trinajstić information content (AvgIpc) is 3.38. The molecular formula is C20H21FN4O3S2. The zero-order chi connectivity index (χ0) is 21.3. The topological polar surface area (TPSA) is 84.3 Å². The Morgan fingerprint density at radius 2 is 1.97 bits per heavy atom. The number of hydrogen-bond acceptors (Lipinski definition) is 5. The maximum absolute atomic E-state index is 14.6. The van der Waals surface area contributed by atoms with Crippen molar-refractivity contribution in [1.29, 1.82) is 0 Å². The molecule has 158 valence electrons. The maximum atomic E-state index is 14.6. The molecule has 0 saturated carbocycles. The molecule has 1 fully saturated rings. The molecule has 1 amide bonds. The number of amides is 1. The van der Waals surface area contributed by atoms with Gasteiger partial charge < -0.3 is 9.88 Å². The van der Waals surface area contributed by atoms with Gasteiger partial charge in [-0.25, -0.2) is 17.8 Å². The van der Waals surface area contributed by atoms with Gasteiger partial charge in [0.15, 0.2) is 0 Å². The zero-order valence-corrected chi connectivity index (χ0v) is 18.0. The van der Waals surface area contributed by atoms with E-state index in [-0.39, 0.29) is 15.5 Å². The van der Waals surface area contributed by atoms with Gasteiger partial charge in [0.05, 0.1) is 5.69 Å². The van der Waals surface area contributed by atoms with E-state index in [1.807, 2.05) is 0 Å². The molecular weight excluding hydrogens is 427 g/mol. The summed E-state index contributed by atoms with van der Waals surface area (Å²) in [5, 5.41) is 4.19. The van der Waals surface area contributed by atoms with Crippen molar-refractivity contribution in [2.75, 3.05) is 18.4 Å². The number of halogens is 1. The van der Waals surface area contributed by atoms with E-state index < -0.39 is 21.7 Å². The van der Waals surface area contributed by atoms with Gasteiger partial charge in [0.2, 0.25) is 10.0 Å². The van der Waals surface area contributed by atoms with Crippen LogP contribution in [0.1, 0.15) is 34.8 Å². The monoisotopic (exact) mass is 448 g/mol. The Morgan fingerprint density at radius 1 is 1.20 bits per heavy atom. The SMILES string of the molecule is Cc1nccn1-c1ccc(NC(=O)c2sccc2S(=O)(=O)N2CCCCC2)cc1F. The van der Waals surface area contributed by atoms with Crippen LogP contribution in [0.2, 0.25) is 0 Å². The fraction of sp³-hybridized carbons (Fsp3) is 0.300. The molecule has 0 radical (unpaired) electrons. The van der Waals surface area contributed by atoms with E-state index >= 15 is 0 Å². The lowest BCUT2D eigenvalue weighted by Crippen LogP contribution is -2.36. The molecule has 3 heterocycles. The van der Waals surface area contributed by atoms with Crippen LogP contribution < -0.4 is 5.32 Å². The number of piperidine rings is 1. The van der Waals surface area contributed by atoms with Crippen molar-refractivity contribution in [3.63, 3.8) is 0 Å². The maximum Gasteiger partial charge on any atom is 0.267 e. The third kappa shape index (κ3) is 3.90. The van der Waals surface area contributed by atoms with E-state index in [9.17, 15) is 17.6 Å². The first-order chi connectivity index (χ1) is 14.4. The number of thiophene rings is 1. The molecule has 1 aromatic carbocycles. The molecule has 1 saturated heterocycles. The average molecular weight is 449 g/mol. The van der Waals surface area contributed by atoms with Gasteiger partial charge in [-0.3, -0.25) is 4.79 Å². The summed E-state index contributed by atoms with van der Waals surface area (Å²) in [5.41, 5.74) is 0.557. The van der Waals surface area contributed by atoms with E-state index in [2.05, 4.69) is 10.3 Å². The molecule has 1 aliphatic heterocycles. The second-order valence-corrected chi connectivity index (χ2v) is 9.87. The van der Waals surface area contributed by atoms with Crippen molar-refractivity contribution in [3.05, 3.63) is 58.6 Å². The third-order valence-corrected chi connectivity index (χ3v) is 8.04. The number of benzene rings is 1. The van der Waals surface area contributed by atoms with Gasteiger partial charge in [-0.15, -0.1) is 11.3 Å². The Bertz CT molecular complexity index is 1180. The minimum absolute atomic E-state index is 0.00182. The number of carbonyl (C=O) groups excluding carboxylic acids is 1. The number of sulfonamides is 1. The van der Waals surface area contributed by atoms with Gasteiger partial charge in [0.1, 0.15) is 21.4 Å². The summed E-state index contributed by atoms with van der Waals surface area (Å²) < 4.78 is 43.6. The smallest absolute Gasteiger partial charge is 0.267 e. The number of nitrogens with zero attached hydrogens (tertiary/aromatic N) is 3. The van der Waals surface area contributed by atoms with Crippen molar-refractivity contribution in [3.8, 4) is 5.69 Å². The highest BCUT2D eigenvalue weighted by molar-refractivity contribution is 7.89. The molecule has 10 heteroatoms. The molecule has 0 aliphatic carbocycles. The number of hydrogen-bond donors (Lipinski definition) is 1. The summed E-state index contributed by atoms with van der Waals surface area (Å²) in [6, 6.07) is 5.77. The van der Waals surface area contributed by atoms with Crippen LogP contribution in [0, 0.1) is 12.7 Å². The molecule has 1 aliphatic rings. The van der Waals surface area contributed by atoms with Crippen LogP contribution in [0.3, 0.4) is 0 Å². The molecule has 3 aromatic rings. The van der Waals surface area contributed by atoms with Gasteiger partial charge in [-0.05, 0) is 49.4 Å². The number of aryl methyl sites for hydroxylation is 1. The number of carbonyl (C=O) groups is 1. The Hall–Kier alpha value is -2.56. The minimum atomic E-state index is -3.74. The van der Waals surface area contributed by atoms with E-state index in [1.165, 1.54) is 16.4 Å². The molecule has 7 nitrogen and oxygen atoms in total. The molecule has 0 spiro atoms. The predicted molar refractivity (Wildman–Crippen MR) is 113 cm³/mol. The van der Waals surface area contributed by atoms with Crippen LogP contribution in [-0.4, -0.2) is 41.3 Å². The molecule has 0 bridgehead atoms. The van der Waals surface area contributed by atoms with Crippen LogP contribution in [0.4, 0.5) is 10.1 Å². The predicted octanol–water partition coefficient (Wildman–Crippen LogP) is 3.81. The van der Waals surface area contributed by atoms with Gasteiger partial charge in [-0.1, -0.05) is 6.42 Å². The molecule has 4 rings (SSSR count). The number of nitrogens with one attached hydrogen (secondary N) is 1. The number of imidazole rings is 1. The van der Waals surface area contributed by atoms with E-state index in [0.717, 1.165) is 30.6 Å². The van der Waals surface area contributed by atoms with Gasteiger partial charge in [0.25, 0.3) is 5.91 Å². The van der Waals surface area contributed by atoms with Crippen molar-refractivity contribution in [2.45, 2.75) is 31.1 Å². The Balaban J connectivity index is 1.56. The second kappa shape index (κ2) is 8.29. The van der Waals surface area contributed by atoms with Crippen molar-refractivity contribution in [1.82, 2.24) is 13.9 Å². The summed E-state index contributed by atoms with van der Waals surface area (Å²) in [7, 11) is -3.74. The van der Waals surface area contributed by atoms with Crippen LogP contribution in [0.15, 0.2) is 46.9 Å². The standard InChI is InChI=1S/C20H21FN4O3S2/c1-14-22-8-11-25(14)17-6-5-15(13-16(17)21)23-20(26)19-18(7-12-29-19)30(27,28)24-9-3-2-4-10-24/h5-8,11-13H,2-4,9-10H2,1H3,(H,23,26). The van der Waals surface area contributed by atoms with Crippen LogP contribution in [0.5, 0.6) is 0 Å². The van der Waals surface area contributed by atoms with Crippen LogP contribution in [-0.2, 0) is 10.0 Å². The lowest BCUT2D eigenvalue weighted by atomic mass is 10.2. The molecule has 1 N–H and O–H groups in total. The lowest BCUT2D eigenvalue weighted by Gasteiger charge is -2.25. The normalized spacial score (nSPS) is 15.3. The van der Waals surface area contributed by atoms with Crippen molar-refractivity contribution >= 4 is 33.0 Å². The highest BCUT2D eigenvalue weighted by Gasteiger charge is 2.31. The Morgan fingerprint density at radius 3 is 2.63 bits per heavy atom. The summed E-state index contributed by atoms with van der Waals surface area (Å²) in [4.78, 5) is 17.0. The number of rotatable bonds is 5.